The number of nitrogens with zero attached hydrogens (tertiary/aromatic N) is 6. The lowest BCUT2D eigenvalue weighted by molar-refractivity contribution is -0.432. The van der Waals surface area contributed by atoms with Crippen molar-refractivity contribution in [3.8, 4) is 0 Å². The van der Waals surface area contributed by atoms with Crippen molar-refractivity contribution >= 4 is 111 Å². The number of aryl methyl sites for hydroxylation is 9. The monoisotopic (exact) mass is 1550 g/mol. The molecule has 0 aromatic heterocycles. The Bertz CT molecular complexity index is 4580. The molecular weight excluding hydrogens is 1470 g/mol. The number of nitro benzene ring substituents is 6. The van der Waals surface area contributed by atoms with E-state index in [4.69, 9.17) is 19.2 Å². The predicted molar refractivity (Wildman–Crippen MR) is 436 cm³/mol. The van der Waals surface area contributed by atoms with Gasteiger partial charge in [-0.15, -0.1) is 0 Å². The number of hydrogen-bond donors (Lipinski definition) is 0. The van der Waals surface area contributed by atoms with E-state index in [-0.39, 0.29) is 34.1 Å². The van der Waals surface area contributed by atoms with Crippen molar-refractivity contribution in [1.29, 1.82) is 0 Å². The molecular formula is C84H78N6O16P4. The van der Waals surface area contributed by atoms with E-state index in [1.165, 1.54) is 36.4 Å². The third-order valence-electron chi connectivity index (χ3n) is 18.4. The zero-order valence-electron chi connectivity index (χ0n) is 61.6. The Morgan fingerprint density at radius 3 is 0.445 bits per heavy atom. The molecule has 0 fully saturated rings. The summed E-state index contributed by atoms with van der Waals surface area (Å²) < 4.78 is 8.55. The van der Waals surface area contributed by atoms with Crippen molar-refractivity contribution in [2.75, 3.05) is 0 Å². The molecule has 0 saturated heterocycles. The topological polar surface area (TPSA) is 345 Å². The number of phosphoric acid groups is 1. The van der Waals surface area contributed by atoms with Gasteiger partial charge in [-0.05, 0) is 222 Å². The highest BCUT2D eigenvalue weighted by molar-refractivity contribution is 7.96. The zero-order chi connectivity index (χ0) is 80.0. The van der Waals surface area contributed by atoms with Gasteiger partial charge in [-0.25, -0.2) is 0 Å². The summed E-state index contributed by atoms with van der Waals surface area (Å²) in [5.74, 6) is 0. The molecule has 0 unspecified atom stereocenters. The van der Waals surface area contributed by atoms with E-state index in [0.717, 1.165) is 116 Å². The molecule has 0 saturated carbocycles. The SMILES string of the molecule is Cc1cccc([P+](Cc2cc([N+](=O)[O-])cc([N+](=O)[O-])c2)(c2cccc(C)c2)c2cccc(C)c2)c1.Cc1cccc([P+](Cc2cc([N+](=O)[O-])cc([N+](=O)[O-])c2)(c2cccc(C)c2)c2cccc(C)c2)c1.Cc1cccc([P+](Cc2cc([N+](=O)[O-])cc([N+](=O)[O-])c2)(c2cccc(C)c2)c2cccc(C)c2)c1.O=P([O-])([O-])[O-]. The highest BCUT2D eigenvalue weighted by Gasteiger charge is 2.50. The summed E-state index contributed by atoms with van der Waals surface area (Å²) in [6.45, 7) is 18.4. The van der Waals surface area contributed by atoms with E-state index in [1.807, 2.05) is 172 Å². The van der Waals surface area contributed by atoms with Crippen molar-refractivity contribution in [1.82, 2.24) is 0 Å². The van der Waals surface area contributed by atoms with Crippen LogP contribution in [0.3, 0.4) is 0 Å². The van der Waals surface area contributed by atoms with E-state index < -0.39 is 59.2 Å². The van der Waals surface area contributed by atoms with Gasteiger partial charge in [-0.3, -0.25) is 60.7 Å². The highest BCUT2D eigenvalue weighted by Crippen LogP contribution is 2.62. The molecule has 560 valence electrons. The molecule has 0 atom stereocenters. The van der Waals surface area contributed by atoms with Gasteiger partial charge in [0.15, 0.2) is 0 Å². The fourth-order valence-electron chi connectivity index (χ4n) is 13.6. The van der Waals surface area contributed by atoms with Crippen molar-refractivity contribution in [2.45, 2.75) is 80.8 Å². The lowest BCUT2D eigenvalue weighted by Gasteiger charge is -2.36. The Kier molecular flexibility index (Phi) is 26.7. The van der Waals surface area contributed by atoms with Gasteiger partial charge in [0.25, 0.3) is 34.1 Å². The van der Waals surface area contributed by atoms with Crippen molar-refractivity contribution < 1.29 is 48.8 Å². The Balaban J connectivity index is 0.000000184. The van der Waals surface area contributed by atoms with Gasteiger partial charge in [-0.1, -0.05) is 109 Å². The molecule has 12 aromatic carbocycles. The number of rotatable bonds is 21. The van der Waals surface area contributed by atoms with Gasteiger partial charge in [0.05, 0.1) is 66.2 Å². The molecule has 22 nitrogen and oxygen atoms in total. The third-order valence-corrected chi connectivity index (χ3v) is 31.3. The second-order valence-electron chi connectivity index (χ2n) is 27.0. The first-order valence-corrected chi connectivity index (χ1v) is 41.8. The second-order valence-corrected chi connectivity index (χ2v) is 38.4. The van der Waals surface area contributed by atoms with Crippen molar-refractivity contribution in [3.05, 3.63) is 400 Å². The summed E-state index contributed by atoms with van der Waals surface area (Å²) in [7, 11) is -12.6. The van der Waals surface area contributed by atoms with Crippen molar-refractivity contribution in [3.63, 3.8) is 0 Å². The van der Waals surface area contributed by atoms with Gasteiger partial charge in [0.2, 0.25) is 0 Å². The van der Waals surface area contributed by atoms with Crippen LogP contribution in [0.4, 0.5) is 34.1 Å². The molecule has 0 spiro atoms. The summed E-state index contributed by atoms with van der Waals surface area (Å²) in [6, 6.07) is 87.1. The normalized spacial score (nSPS) is 11.3. The number of nitro groups is 6. The Morgan fingerprint density at radius 2 is 0.345 bits per heavy atom. The lowest BCUT2D eigenvalue weighted by Crippen LogP contribution is -2.33. The third kappa shape index (κ3) is 20.4. The molecule has 12 rings (SSSR count). The van der Waals surface area contributed by atoms with E-state index in [1.54, 1.807) is 0 Å². The maximum Gasteiger partial charge on any atom is 0.276 e. The zero-order valence-corrected chi connectivity index (χ0v) is 65.2. The first-order chi connectivity index (χ1) is 52.1. The largest absolute Gasteiger partial charge is 0.822 e. The van der Waals surface area contributed by atoms with E-state index in [0.29, 0.717) is 35.2 Å². The fraction of sp³-hybridized carbons (Fsp3) is 0.143. The summed E-state index contributed by atoms with van der Waals surface area (Å²) in [5, 5.41) is 79.9. The van der Waals surface area contributed by atoms with Crippen LogP contribution in [0.2, 0.25) is 0 Å². The number of non-ortho nitro benzene ring substituents is 6. The Hall–Kier alpha value is -11.6. The van der Waals surface area contributed by atoms with E-state index in [2.05, 4.69) is 109 Å². The summed E-state index contributed by atoms with van der Waals surface area (Å²) in [4.78, 5) is 92.0. The quantitative estimate of drug-likeness (QED) is 0.0366. The van der Waals surface area contributed by atoms with Crippen LogP contribution in [0.1, 0.15) is 66.8 Å². The molecule has 26 heteroatoms. The molecule has 0 N–H and O–H groups in total. The fourth-order valence-corrected chi connectivity index (χ4v) is 27.0. The van der Waals surface area contributed by atoms with Crippen LogP contribution in [-0.2, 0) is 23.1 Å². The minimum atomic E-state index is -5.39. The van der Waals surface area contributed by atoms with Crippen LogP contribution in [0.15, 0.2) is 273 Å². The van der Waals surface area contributed by atoms with Crippen LogP contribution in [0.25, 0.3) is 0 Å². The molecule has 110 heavy (non-hydrogen) atoms. The van der Waals surface area contributed by atoms with E-state index in [9.17, 15) is 60.7 Å². The van der Waals surface area contributed by atoms with Crippen LogP contribution >= 0.6 is 29.6 Å². The molecule has 0 amide bonds. The summed E-state index contributed by atoms with van der Waals surface area (Å²) in [5.41, 5.74) is 10.1. The molecule has 0 aliphatic carbocycles. The molecule has 0 radical (unpaired) electrons. The number of hydrogen-bond acceptors (Lipinski definition) is 16. The van der Waals surface area contributed by atoms with Crippen LogP contribution in [-0.4, -0.2) is 29.5 Å². The minimum absolute atomic E-state index is 0.273. The van der Waals surface area contributed by atoms with Crippen LogP contribution in [0.5, 0.6) is 0 Å². The standard InChI is InChI=1S/3C28H26N2O4P.H3O4P/c3*1-20-7-4-10-26(13-20)35(27-11-5-8-21(2)14-27,28-12-6-9-22(3)15-28)19-23-16-24(29(31)32)18-25(17-23)30(33)34;1-5(2,3)4/h3*4-18H,19H2,1-3H3;(H3,1,2,3,4)/q3*+1;/p-3. The van der Waals surface area contributed by atoms with E-state index >= 15 is 0 Å². The highest BCUT2D eigenvalue weighted by atomic mass is 31.2. The van der Waals surface area contributed by atoms with Gasteiger partial charge >= 0.3 is 0 Å². The minimum Gasteiger partial charge on any atom is -0.822 e. The van der Waals surface area contributed by atoms with Gasteiger partial charge < -0.3 is 19.2 Å². The molecule has 0 aliphatic heterocycles. The summed E-state index contributed by atoms with van der Waals surface area (Å²) >= 11 is 0. The average Bonchev–Trinajstić information content (AvgIpc) is 0.755. The smallest absolute Gasteiger partial charge is 0.276 e. The first kappa shape index (κ1) is 82.5. The maximum atomic E-state index is 11.6. The molecule has 0 bridgehead atoms. The molecule has 0 aliphatic rings. The van der Waals surface area contributed by atoms with Gasteiger partial charge in [-0.2, -0.15) is 7.82 Å². The van der Waals surface area contributed by atoms with Gasteiger partial charge in [0, 0.05) is 53.1 Å². The Labute approximate surface area is 638 Å². The predicted octanol–water partition coefficient (Wildman–Crippen LogP) is 14.9. The molecule has 12 aromatic rings. The average molecular weight is 1550 g/mol. The van der Waals surface area contributed by atoms with Crippen LogP contribution < -0.4 is 62.4 Å². The maximum absolute atomic E-state index is 11.6. The van der Waals surface area contributed by atoms with Crippen LogP contribution in [0, 0.1) is 123 Å². The summed E-state index contributed by atoms with van der Waals surface area (Å²) in [6.07, 6.45) is 1.27. The first-order valence-electron chi connectivity index (χ1n) is 34.4. The second kappa shape index (κ2) is 35.6. The van der Waals surface area contributed by atoms with Crippen molar-refractivity contribution in [2.24, 2.45) is 0 Å². The van der Waals surface area contributed by atoms with Gasteiger partial charge in [0.1, 0.15) is 69.5 Å². The Morgan fingerprint density at radius 1 is 0.227 bits per heavy atom. The molecule has 0 heterocycles. The number of benzene rings is 12. The lowest BCUT2D eigenvalue weighted by atomic mass is 10.2.